The molecule has 0 amide bonds. The Morgan fingerprint density at radius 1 is 1.20 bits per heavy atom. The minimum Gasteiger partial charge on any atom is -0.469 e. The lowest BCUT2D eigenvalue weighted by molar-refractivity contribution is -0.146. The second-order valence-electron chi connectivity index (χ2n) is 5.66. The van der Waals surface area contributed by atoms with Crippen LogP contribution >= 0.6 is 0 Å². The first-order valence-electron chi connectivity index (χ1n) is 7.34. The first kappa shape index (κ1) is 15.7. The summed E-state index contributed by atoms with van der Waals surface area (Å²) in [5.74, 6) is -0.926. The number of hydrogen-bond acceptors (Lipinski definition) is 5. The molecular formula is C13H24N2O4S. The van der Waals surface area contributed by atoms with Gasteiger partial charge in [-0.2, -0.15) is 0 Å². The van der Waals surface area contributed by atoms with Crippen molar-refractivity contribution in [3.63, 3.8) is 0 Å². The standard InChI is InChI=1S/C13H24N2O4S/c1-19-13(16)11-6-2-3-7-12(11)20(17,18)15-10-5-4-8-14-9-10/h10-12,14-15H,2-9H2,1H3. The molecule has 20 heavy (non-hydrogen) atoms. The van der Waals surface area contributed by atoms with Crippen molar-refractivity contribution in [3.05, 3.63) is 0 Å². The fraction of sp³-hybridized carbons (Fsp3) is 0.923. The van der Waals surface area contributed by atoms with Crippen LogP contribution in [0.3, 0.4) is 0 Å². The monoisotopic (exact) mass is 304 g/mol. The van der Waals surface area contributed by atoms with Gasteiger partial charge >= 0.3 is 5.97 Å². The Hall–Kier alpha value is -0.660. The molecule has 116 valence electrons. The molecule has 1 saturated heterocycles. The van der Waals surface area contributed by atoms with E-state index in [1.54, 1.807) is 0 Å². The summed E-state index contributed by atoms with van der Waals surface area (Å²) in [7, 11) is -2.16. The molecule has 0 aromatic heterocycles. The Morgan fingerprint density at radius 2 is 1.95 bits per heavy atom. The van der Waals surface area contributed by atoms with Gasteiger partial charge in [0, 0.05) is 12.6 Å². The zero-order chi connectivity index (χ0) is 14.6. The third-order valence-electron chi connectivity index (χ3n) is 4.23. The van der Waals surface area contributed by atoms with Crippen LogP contribution < -0.4 is 10.0 Å². The van der Waals surface area contributed by atoms with Crippen molar-refractivity contribution < 1.29 is 17.9 Å². The number of ether oxygens (including phenoxy) is 1. The second kappa shape index (κ2) is 6.87. The van der Waals surface area contributed by atoms with Crippen LogP contribution in [0.4, 0.5) is 0 Å². The summed E-state index contributed by atoms with van der Waals surface area (Å²) in [6.07, 6.45) is 4.69. The first-order valence-corrected chi connectivity index (χ1v) is 8.89. The Balaban J connectivity index is 2.06. The highest BCUT2D eigenvalue weighted by Crippen LogP contribution is 2.30. The minimum absolute atomic E-state index is 0.0611. The van der Waals surface area contributed by atoms with E-state index in [-0.39, 0.29) is 6.04 Å². The largest absolute Gasteiger partial charge is 0.469 e. The third kappa shape index (κ3) is 3.71. The highest BCUT2D eigenvalue weighted by Gasteiger charge is 2.41. The van der Waals surface area contributed by atoms with Gasteiger partial charge < -0.3 is 10.1 Å². The van der Waals surface area contributed by atoms with Crippen molar-refractivity contribution in [1.82, 2.24) is 10.0 Å². The molecule has 0 aromatic carbocycles. The van der Waals surface area contributed by atoms with Gasteiger partial charge in [-0.15, -0.1) is 0 Å². The van der Waals surface area contributed by atoms with E-state index in [4.69, 9.17) is 4.74 Å². The smallest absolute Gasteiger partial charge is 0.310 e. The number of rotatable bonds is 4. The van der Waals surface area contributed by atoms with E-state index in [0.29, 0.717) is 19.4 Å². The normalized spacial score (nSPS) is 31.8. The van der Waals surface area contributed by atoms with Gasteiger partial charge in [-0.05, 0) is 32.2 Å². The van der Waals surface area contributed by atoms with Crippen molar-refractivity contribution >= 4 is 16.0 Å². The lowest BCUT2D eigenvalue weighted by atomic mass is 9.89. The predicted octanol–water partition coefficient (Wildman–Crippen LogP) is 0.390. The summed E-state index contributed by atoms with van der Waals surface area (Å²) in [5, 5.41) is 2.54. The molecule has 3 atom stereocenters. The number of piperidine rings is 1. The molecular weight excluding hydrogens is 280 g/mol. The van der Waals surface area contributed by atoms with E-state index in [2.05, 4.69) is 10.0 Å². The fourth-order valence-corrected chi connectivity index (χ4v) is 5.16. The zero-order valence-corrected chi connectivity index (χ0v) is 12.7. The van der Waals surface area contributed by atoms with Crippen molar-refractivity contribution in [2.45, 2.75) is 49.8 Å². The number of sulfonamides is 1. The molecule has 0 bridgehead atoms. The molecule has 7 heteroatoms. The van der Waals surface area contributed by atoms with Crippen LogP contribution in [0.5, 0.6) is 0 Å². The van der Waals surface area contributed by atoms with E-state index >= 15 is 0 Å². The Labute approximate surface area is 120 Å². The summed E-state index contributed by atoms with van der Waals surface area (Å²) in [4.78, 5) is 11.8. The van der Waals surface area contributed by atoms with E-state index < -0.39 is 27.2 Å². The van der Waals surface area contributed by atoms with Crippen LogP contribution in [0, 0.1) is 5.92 Å². The Morgan fingerprint density at radius 3 is 2.60 bits per heavy atom. The maximum Gasteiger partial charge on any atom is 0.310 e. The maximum atomic E-state index is 12.5. The number of methoxy groups -OCH3 is 1. The lowest BCUT2D eigenvalue weighted by Gasteiger charge is -2.32. The molecule has 2 rings (SSSR count). The van der Waals surface area contributed by atoms with Gasteiger partial charge in [-0.1, -0.05) is 12.8 Å². The fourth-order valence-electron chi connectivity index (χ4n) is 3.16. The van der Waals surface area contributed by atoms with Crippen molar-refractivity contribution in [3.8, 4) is 0 Å². The van der Waals surface area contributed by atoms with Crippen LogP contribution in [-0.2, 0) is 19.6 Å². The molecule has 0 spiro atoms. The summed E-state index contributed by atoms with van der Waals surface area (Å²) in [5.41, 5.74) is 0. The van der Waals surface area contributed by atoms with Gasteiger partial charge in [0.05, 0.1) is 18.3 Å². The third-order valence-corrected chi connectivity index (χ3v) is 6.26. The number of carbonyl (C=O) groups is 1. The molecule has 2 N–H and O–H groups in total. The lowest BCUT2D eigenvalue weighted by Crippen LogP contribution is -2.51. The summed E-state index contributed by atoms with van der Waals surface area (Å²) >= 11 is 0. The SMILES string of the molecule is COC(=O)C1CCCCC1S(=O)(=O)NC1CCCNC1. The van der Waals surface area contributed by atoms with Crippen LogP contribution in [0.2, 0.25) is 0 Å². The number of carbonyl (C=O) groups excluding carboxylic acids is 1. The highest BCUT2D eigenvalue weighted by molar-refractivity contribution is 7.90. The maximum absolute atomic E-state index is 12.5. The first-order chi connectivity index (χ1) is 9.54. The molecule has 1 aliphatic carbocycles. The molecule has 6 nitrogen and oxygen atoms in total. The quantitative estimate of drug-likeness (QED) is 0.734. The van der Waals surface area contributed by atoms with E-state index in [9.17, 15) is 13.2 Å². The molecule has 0 aromatic rings. The van der Waals surface area contributed by atoms with Crippen LogP contribution in [-0.4, -0.2) is 45.9 Å². The van der Waals surface area contributed by atoms with Crippen LogP contribution in [0.1, 0.15) is 38.5 Å². The molecule has 1 saturated carbocycles. The average Bonchev–Trinajstić information content (AvgIpc) is 2.47. The molecule has 2 fully saturated rings. The van der Waals surface area contributed by atoms with Gasteiger partial charge in [0.1, 0.15) is 0 Å². The Kier molecular flexibility index (Phi) is 5.40. The summed E-state index contributed by atoms with van der Waals surface area (Å²) < 4.78 is 32.6. The molecule has 2 aliphatic rings. The van der Waals surface area contributed by atoms with Crippen LogP contribution in [0.25, 0.3) is 0 Å². The molecule has 3 unspecified atom stereocenters. The molecule has 0 radical (unpaired) electrons. The van der Waals surface area contributed by atoms with Crippen molar-refractivity contribution in [1.29, 1.82) is 0 Å². The van der Waals surface area contributed by atoms with Gasteiger partial charge in [0.2, 0.25) is 10.0 Å². The predicted molar refractivity (Wildman–Crippen MR) is 75.7 cm³/mol. The molecule has 1 heterocycles. The minimum atomic E-state index is -3.48. The van der Waals surface area contributed by atoms with Gasteiger partial charge in [0.15, 0.2) is 0 Å². The second-order valence-corrected chi connectivity index (χ2v) is 7.59. The summed E-state index contributed by atoms with van der Waals surface area (Å²) in [6, 6.07) is -0.0611. The number of nitrogens with one attached hydrogen (secondary N) is 2. The van der Waals surface area contributed by atoms with Crippen molar-refractivity contribution in [2.75, 3.05) is 20.2 Å². The average molecular weight is 304 g/mol. The van der Waals surface area contributed by atoms with E-state index in [1.165, 1.54) is 7.11 Å². The van der Waals surface area contributed by atoms with Crippen LogP contribution in [0.15, 0.2) is 0 Å². The Bertz CT molecular complexity index is 432. The van der Waals surface area contributed by atoms with Gasteiger partial charge in [-0.25, -0.2) is 13.1 Å². The zero-order valence-electron chi connectivity index (χ0n) is 11.9. The topological polar surface area (TPSA) is 84.5 Å². The van der Waals surface area contributed by atoms with Gasteiger partial charge in [0.25, 0.3) is 0 Å². The van der Waals surface area contributed by atoms with E-state index in [0.717, 1.165) is 32.2 Å². The highest BCUT2D eigenvalue weighted by atomic mass is 32.2. The summed E-state index contributed by atoms with van der Waals surface area (Å²) in [6.45, 7) is 1.60. The van der Waals surface area contributed by atoms with Crippen molar-refractivity contribution in [2.24, 2.45) is 5.92 Å². The number of esters is 1. The van der Waals surface area contributed by atoms with Gasteiger partial charge in [-0.3, -0.25) is 4.79 Å². The molecule has 1 aliphatic heterocycles. The van der Waals surface area contributed by atoms with E-state index in [1.807, 2.05) is 0 Å². The number of hydrogen-bond donors (Lipinski definition) is 2.